The van der Waals surface area contributed by atoms with E-state index in [9.17, 15) is 14.4 Å². The van der Waals surface area contributed by atoms with Gasteiger partial charge in [-0.15, -0.1) is 0 Å². The molecule has 0 spiro atoms. The molecule has 0 heterocycles. The molecule has 3 amide bonds. The number of carbonyl (C=O) groups is 3. The van der Waals surface area contributed by atoms with Crippen LogP contribution in [-0.4, -0.2) is 49.2 Å². The Bertz CT molecular complexity index is 282. The zero-order valence-electron chi connectivity index (χ0n) is 9.66. The van der Waals surface area contributed by atoms with Gasteiger partial charge in [0, 0.05) is 6.54 Å². The Kier molecular flexibility index (Phi) is 7.44. The molecule has 98 valence electrons. The fourth-order valence-corrected chi connectivity index (χ4v) is 1.08. The Labute approximate surface area is 98.9 Å². The molecule has 0 saturated heterocycles. The van der Waals surface area contributed by atoms with Gasteiger partial charge in [0.05, 0.1) is 6.42 Å². The third kappa shape index (κ3) is 8.03. The number of carbonyl (C=O) groups excluding carboxylic acids is 2. The van der Waals surface area contributed by atoms with Gasteiger partial charge in [-0.2, -0.15) is 0 Å². The van der Waals surface area contributed by atoms with Gasteiger partial charge in [0.2, 0.25) is 5.91 Å². The zero-order chi connectivity index (χ0) is 13.3. The Hall–Kier alpha value is -1.83. The lowest BCUT2D eigenvalue weighted by molar-refractivity contribution is -0.140. The fraction of sp³-hybridized carbons (Fsp3) is 0.667. The first kappa shape index (κ1) is 15.2. The molecule has 0 aliphatic carbocycles. The number of amides is 3. The standard InChI is InChI=1S/C9H18N4O4/c1-11-3-2-4-12-9(17)13-6(8(15)16)5-7(10)14/h6,11H,2-5H2,1H3,(H2,10,14)(H,15,16)(H2,12,13,17). The zero-order valence-corrected chi connectivity index (χ0v) is 9.66. The van der Waals surface area contributed by atoms with Crippen LogP contribution < -0.4 is 21.7 Å². The Morgan fingerprint density at radius 1 is 1.29 bits per heavy atom. The number of aliphatic carboxylic acids is 1. The normalized spacial score (nSPS) is 11.6. The lowest BCUT2D eigenvalue weighted by atomic mass is 10.2. The van der Waals surface area contributed by atoms with Gasteiger partial charge in [-0.05, 0) is 20.0 Å². The van der Waals surface area contributed by atoms with Gasteiger partial charge >= 0.3 is 12.0 Å². The number of hydrogen-bond acceptors (Lipinski definition) is 4. The molecule has 0 aromatic rings. The summed E-state index contributed by atoms with van der Waals surface area (Å²) in [5.41, 5.74) is 4.86. The predicted octanol–water partition coefficient (Wildman–Crippen LogP) is -1.78. The molecule has 0 rings (SSSR count). The first-order chi connectivity index (χ1) is 7.97. The van der Waals surface area contributed by atoms with E-state index in [0.29, 0.717) is 6.54 Å². The Balaban J connectivity index is 3.96. The lowest BCUT2D eigenvalue weighted by Crippen LogP contribution is -2.48. The van der Waals surface area contributed by atoms with Crippen LogP contribution in [0.1, 0.15) is 12.8 Å². The predicted molar refractivity (Wildman–Crippen MR) is 60.3 cm³/mol. The van der Waals surface area contributed by atoms with Crippen molar-refractivity contribution in [3.63, 3.8) is 0 Å². The molecule has 0 fully saturated rings. The molecule has 6 N–H and O–H groups in total. The fourth-order valence-electron chi connectivity index (χ4n) is 1.08. The average Bonchev–Trinajstić information content (AvgIpc) is 2.22. The van der Waals surface area contributed by atoms with Crippen LogP contribution in [0, 0.1) is 0 Å². The monoisotopic (exact) mass is 246 g/mol. The summed E-state index contributed by atoms with van der Waals surface area (Å²) in [5, 5.41) is 16.2. The van der Waals surface area contributed by atoms with Gasteiger partial charge < -0.3 is 26.8 Å². The van der Waals surface area contributed by atoms with Crippen molar-refractivity contribution in [3.05, 3.63) is 0 Å². The highest BCUT2D eigenvalue weighted by Crippen LogP contribution is 1.91. The summed E-state index contributed by atoms with van der Waals surface area (Å²) in [7, 11) is 1.79. The number of rotatable bonds is 8. The maximum Gasteiger partial charge on any atom is 0.326 e. The van der Waals surface area contributed by atoms with E-state index in [1.807, 2.05) is 0 Å². The van der Waals surface area contributed by atoms with Gasteiger partial charge in [0.15, 0.2) is 0 Å². The molecule has 0 saturated carbocycles. The molecule has 0 aromatic heterocycles. The number of carboxylic acid groups (broad SMARTS) is 1. The Morgan fingerprint density at radius 2 is 1.94 bits per heavy atom. The van der Waals surface area contributed by atoms with Crippen LogP contribution in [0.15, 0.2) is 0 Å². The van der Waals surface area contributed by atoms with Crippen LogP contribution in [-0.2, 0) is 9.59 Å². The molecular formula is C9H18N4O4. The third-order valence-corrected chi connectivity index (χ3v) is 1.90. The second kappa shape index (κ2) is 8.34. The van der Waals surface area contributed by atoms with Crippen LogP contribution in [0.4, 0.5) is 4.79 Å². The molecule has 0 bridgehead atoms. The number of urea groups is 1. The summed E-state index contributed by atoms with van der Waals surface area (Å²) >= 11 is 0. The van der Waals surface area contributed by atoms with E-state index >= 15 is 0 Å². The maximum absolute atomic E-state index is 11.2. The van der Waals surface area contributed by atoms with E-state index < -0.39 is 30.4 Å². The maximum atomic E-state index is 11.2. The molecular weight excluding hydrogens is 228 g/mol. The minimum absolute atomic E-state index is 0.412. The van der Waals surface area contributed by atoms with E-state index in [-0.39, 0.29) is 0 Å². The molecule has 17 heavy (non-hydrogen) atoms. The van der Waals surface area contributed by atoms with Crippen molar-refractivity contribution in [2.45, 2.75) is 18.9 Å². The van der Waals surface area contributed by atoms with Crippen LogP contribution in [0.3, 0.4) is 0 Å². The highest BCUT2D eigenvalue weighted by molar-refractivity contribution is 5.87. The number of hydrogen-bond donors (Lipinski definition) is 5. The van der Waals surface area contributed by atoms with Crippen molar-refractivity contribution in [1.82, 2.24) is 16.0 Å². The van der Waals surface area contributed by atoms with Crippen LogP contribution in [0.25, 0.3) is 0 Å². The van der Waals surface area contributed by atoms with E-state index in [2.05, 4.69) is 16.0 Å². The number of nitrogens with one attached hydrogen (secondary N) is 3. The van der Waals surface area contributed by atoms with Crippen LogP contribution >= 0.6 is 0 Å². The minimum atomic E-state index is -1.30. The van der Waals surface area contributed by atoms with Gasteiger partial charge in [0.25, 0.3) is 0 Å². The van der Waals surface area contributed by atoms with Crippen LogP contribution in [0.5, 0.6) is 0 Å². The third-order valence-electron chi connectivity index (χ3n) is 1.90. The summed E-state index contributed by atoms with van der Waals surface area (Å²) in [6, 6.07) is -1.92. The first-order valence-electron chi connectivity index (χ1n) is 5.17. The lowest BCUT2D eigenvalue weighted by Gasteiger charge is -2.13. The highest BCUT2D eigenvalue weighted by Gasteiger charge is 2.21. The smallest absolute Gasteiger partial charge is 0.326 e. The van der Waals surface area contributed by atoms with Crippen molar-refractivity contribution in [3.8, 4) is 0 Å². The van der Waals surface area contributed by atoms with E-state index in [1.54, 1.807) is 7.05 Å². The summed E-state index contributed by atoms with van der Waals surface area (Å²) in [5.74, 6) is -2.08. The van der Waals surface area contributed by atoms with E-state index in [1.165, 1.54) is 0 Å². The van der Waals surface area contributed by atoms with Gasteiger partial charge in [-0.1, -0.05) is 0 Å². The van der Waals surface area contributed by atoms with Crippen molar-refractivity contribution in [1.29, 1.82) is 0 Å². The van der Waals surface area contributed by atoms with Crippen LogP contribution in [0.2, 0.25) is 0 Å². The summed E-state index contributed by atoms with van der Waals surface area (Å²) in [4.78, 5) is 32.5. The summed E-state index contributed by atoms with van der Waals surface area (Å²) in [6.45, 7) is 1.15. The molecule has 0 radical (unpaired) electrons. The largest absolute Gasteiger partial charge is 0.480 e. The van der Waals surface area contributed by atoms with Gasteiger partial charge in [0.1, 0.15) is 6.04 Å². The number of carboxylic acids is 1. The van der Waals surface area contributed by atoms with Gasteiger partial charge in [-0.3, -0.25) is 4.79 Å². The van der Waals surface area contributed by atoms with E-state index in [4.69, 9.17) is 10.8 Å². The van der Waals surface area contributed by atoms with Crippen molar-refractivity contribution >= 4 is 17.9 Å². The topological polar surface area (TPSA) is 134 Å². The van der Waals surface area contributed by atoms with Gasteiger partial charge in [-0.25, -0.2) is 9.59 Å². The molecule has 0 aliphatic rings. The molecule has 1 atom stereocenters. The van der Waals surface area contributed by atoms with Crippen molar-refractivity contribution in [2.24, 2.45) is 5.73 Å². The summed E-state index contributed by atoms with van der Waals surface area (Å²) in [6.07, 6.45) is 0.288. The molecule has 8 heteroatoms. The molecule has 0 aliphatic heterocycles. The summed E-state index contributed by atoms with van der Waals surface area (Å²) < 4.78 is 0. The molecule has 1 unspecified atom stereocenters. The van der Waals surface area contributed by atoms with E-state index in [0.717, 1.165) is 13.0 Å². The average molecular weight is 246 g/mol. The first-order valence-corrected chi connectivity index (χ1v) is 5.17. The second-order valence-electron chi connectivity index (χ2n) is 3.42. The number of primary amides is 1. The second-order valence-corrected chi connectivity index (χ2v) is 3.42. The molecule has 8 nitrogen and oxygen atoms in total. The molecule has 0 aromatic carbocycles. The SMILES string of the molecule is CNCCCNC(=O)NC(CC(N)=O)C(=O)O. The Morgan fingerprint density at radius 3 is 2.41 bits per heavy atom. The minimum Gasteiger partial charge on any atom is -0.480 e. The number of nitrogens with two attached hydrogens (primary N) is 1. The van der Waals surface area contributed by atoms with Crippen molar-refractivity contribution < 1.29 is 19.5 Å². The quantitative estimate of drug-likeness (QED) is 0.323. The highest BCUT2D eigenvalue weighted by atomic mass is 16.4. The van der Waals surface area contributed by atoms with Crippen molar-refractivity contribution in [2.75, 3.05) is 20.1 Å².